The highest BCUT2D eigenvalue weighted by Gasteiger charge is 2.38. The molecule has 1 N–H and O–H groups in total. The van der Waals surface area contributed by atoms with Gasteiger partial charge in [0.25, 0.3) is 0 Å². The third kappa shape index (κ3) is 1.58. The third-order valence-electron chi connectivity index (χ3n) is 3.09. The summed E-state index contributed by atoms with van der Waals surface area (Å²) >= 11 is 0. The van der Waals surface area contributed by atoms with Crippen molar-refractivity contribution in [2.45, 2.75) is 30.3 Å². The number of benzene rings is 1. The van der Waals surface area contributed by atoms with Crippen molar-refractivity contribution >= 4 is 9.84 Å². The van der Waals surface area contributed by atoms with Crippen LogP contribution in [0.15, 0.2) is 29.2 Å². The molecule has 1 unspecified atom stereocenters. The molecule has 1 atom stereocenters. The Hall–Kier alpha value is -0.870. The fourth-order valence-electron chi connectivity index (χ4n) is 2.04. The van der Waals surface area contributed by atoms with Crippen molar-refractivity contribution in [1.29, 1.82) is 0 Å². The lowest BCUT2D eigenvalue weighted by Crippen LogP contribution is -2.34. The summed E-state index contributed by atoms with van der Waals surface area (Å²) in [5, 5.41) is 10.3. The van der Waals surface area contributed by atoms with E-state index in [1.165, 1.54) is 0 Å². The minimum Gasteiger partial charge on any atom is -0.385 e. The Morgan fingerprint density at radius 2 is 2.07 bits per heavy atom. The topological polar surface area (TPSA) is 54.4 Å². The van der Waals surface area contributed by atoms with Crippen molar-refractivity contribution in [2.75, 3.05) is 5.75 Å². The molecule has 1 aromatic carbocycles. The minimum absolute atomic E-state index is 0.0361. The van der Waals surface area contributed by atoms with E-state index in [1.54, 1.807) is 24.3 Å². The maximum absolute atomic E-state index is 11.8. The highest BCUT2D eigenvalue weighted by atomic mass is 32.2. The quantitative estimate of drug-likeness (QED) is 0.788. The van der Waals surface area contributed by atoms with Crippen LogP contribution in [0.1, 0.15) is 25.3 Å². The molecule has 0 saturated carbocycles. The average Bonchev–Trinajstić information content (AvgIpc) is 2.25. The van der Waals surface area contributed by atoms with E-state index in [9.17, 15) is 13.5 Å². The van der Waals surface area contributed by atoms with Gasteiger partial charge < -0.3 is 5.11 Å². The van der Waals surface area contributed by atoms with Crippen LogP contribution in [-0.4, -0.2) is 19.3 Å². The Bertz CT molecular complexity index is 478. The standard InChI is InChI=1S/C11H14O3S/c1-2-11(12)7-8-15(13,14)10-6-4-3-5-9(10)11/h3-6,12H,2,7-8H2,1H3. The zero-order chi connectivity index (χ0) is 11.1. The van der Waals surface area contributed by atoms with Gasteiger partial charge in [0.2, 0.25) is 0 Å². The van der Waals surface area contributed by atoms with Gasteiger partial charge in [0.1, 0.15) is 0 Å². The van der Waals surface area contributed by atoms with Gasteiger partial charge in [-0.2, -0.15) is 0 Å². The van der Waals surface area contributed by atoms with E-state index in [0.717, 1.165) is 0 Å². The second-order valence-electron chi connectivity index (χ2n) is 3.95. The van der Waals surface area contributed by atoms with Crippen LogP contribution in [0.25, 0.3) is 0 Å². The molecule has 1 aromatic rings. The predicted molar refractivity (Wildman–Crippen MR) is 57.3 cm³/mol. The summed E-state index contributed by atoms with van der Waals surface area (Å²) in [4.78, 5) is 0.292. The third-order valence-corrected chi connectivity index (χ3v) is 4.86. The van der Waals surface area contributed by atoms with Gasteiger partial charge in [-0.1, -0.05) is 25.1 Å². The normalized spacial score (nSPS) is 28.4. The molecule has 0 aliphatic carbocycles. The van der Waals surface area contributed by atoms with E-state index in [1.807, 2.05) is 6.92 Å². The van der Waals surface area contributed by atoms with Crippen molar-refractivity contribution in [1.82, 2.24) is 0 Å². The SMILES string of the molecule is CCC1(O)CCS(=O)(=O)c2ccccc21. The summed E-state index contributed by atoms with van der Waals surface area (Å²) in [6.07, 6.45) is 0.836. The zero-order valence-corrected chi connectivity index (χ0v) is 9.42. The lowest BCUT2D eigenvalue weighted by Gasteiger charge is -2.33. The summed E-state index contributed by atoms with van der Waals surface area (Å²) in [7, 11) is -3.18. The molecule has 15 heavy (non-hydrogen) atoms. The molecule has 0 saturated heterocycles. The van der Waals surface area contributed by atoms with Gasteiger partial charge in [-0.3, -0.25) is 0 Å². The lowest BCUT2D eigenvalue weighted by atomic mass is 9.88. The number of aliphatic hydroxyl groups is 1. The van der Waals surface area contributed by atoms with Gasteiger partial charge in [0.15, 0.2) is 9.84 Å². The Kier molecular flexibility index (Phi) is 2.35. The molecule has 4 heteroatoms. The van der Waals surface area contributed by atoms with Crippen molar-refractivity contribution in [3.63, 3.8) is 0 Å². The Labute approximate surface area is 89.7 Å². The molecule has 3 nitrogen and oxygen atoms in total. The molecule has 0 bridgehead atoms. The van der Waals surface area contributed by atoms with Crippen LogP contribution in [0.5, 0.6) is 0 Å². The van der Waals surface area contributed by atoms with E-state index in [0.29, 0.717) is 23.3 Å². The molecule has 0 amide bonds. The Morgan fingerprint density at radius 3 is 2.73 bits per heavy atom. The summed E-state index contributed by atoms with van der Waals surface area (Å²) in [5.41, 5.74) is -0.416. The first kappa shape index (κ1) is 10.6. The molecule has 0 radical (unpaired) electrons. The number of hydrogen-bond donors (Lipinski definition) is 1. The van der Waals surface area contributed by atoms with E-state index < -0.39 is 15.4 Å². The molecule has 2 rings (SSSR count). The fraction of sp³-hybridized carbons (Fsp3) is 0.455. The van der Waals surface area contributed by atoms with Crippen LogP contribution in [0.2, 0.25) is 0 Å². The Morgan fingerprint density at radius 1 is 1.40 bits per heavy atom. The van der Waals surface area contributed by atoms with Crippen LogP contribution in [-0.2, 0) is 15.4 Å². The number of fused-ring (bicyclic) bond motifs is 1. The Balaban J connectivity index is 2.69. The van der Waals surface area contributed by atoms with Crippen molar-refractivity contribution < 1.29 is 13.5 Å². The van der Waals surface area contributed by atoms with E-state index in [-0.39, 0.29) is 5.75 Å². The molecular weight excluding hydrogens is 212 g/mol. The monoisotopic (exact) mass is 226 g/mol. The molecule has 1 aliphatic rings. The molecule has 0 aromatic heterocycles. The van der Waals surface area contributed by atoms with Gasteiger partial charge in [-0.15, -0.1) is 0 Å². The number of rotatable bonds is 1. The maximum Gasteiger partial charge on any atom is 0.178 e. The van der Waals surface area contributed by atoms with Crippen molar-refractivity contribution in [3.05, 3.63) is 29.8 Å². The van der Waals surface area contributed by atoms with Crippen LogP contribution in [0.4, 0.5) is 0 Å². The largest absolute Gasteiger partial charge is 0.385 e. The van der Waals surface area contributed by atoms with E-state index >= 15 is 0 Å². The van der Waals surface area contributed by atoms with Crippen LogP contribution in [0, 0.1) is 0 Å². The molecular formula is C11H14O3S. The highest BCUT2D eigenvalue weighted by Crippen LogP contribution is 2.38. The molecule has 1 aliphatic heterocycles. The molecule has 82 valence electrons. The van der Waals surface area contributed by atoms with E-state index in [4.69, 9.17) is 0 Å². The van der Waals surface area contributed by atoms with E-state index in [2.05, 4.69) is 0 Å². The van der Waals surface area contributed by atoms with Gasteiger partial charge in [0.05, 0.1) is 16.2 Å². The minimum atomic E-state index is -3.18. The molecule has 0 fully saturated rings. The first-order chi connectivity index (χ1) is 6.99. The smallest absolute Gasteiger partial charge is 0.178 e. The van der Waals surface area contributed by atoms with Gasteiger partial charge in [-0.25, -0.2) is 8.42 Å². The van der Waals surface area contributed by atoms with Gasteiger partial charge in [-0.05, 0) is 18.9 Å². The van der Waals surface area contributed by atoms with Crippen molar-refractivity contribution in [2.24, 2.45) is 0 Å². The number of hydrogen-bond acceptors (Lipinski definition) is 3. The maximum atomic E-state index is 11.8. The highest BCUT2D eigenvalue weighted by molar-refractivity contribution is 7.91. The number of sulfone groups is 1. The summed E-state index contributed by atoms with van der Waals surface area (Å²) in [6.45, 7) is 1.87. The average molecular weight is 226 g/mol. The summed E-state index contributed by atoms with van der Waals surface area (Å²) < 4.78 is 23.5. The van der Waals surface area contributed by atoms with Gasteiger partial charge in [0, 0.05) is 5.56 Å². The lowest BCUT2D eigenvalue weighted by molar-refractivity contribution is 0.0240. The second-order valence-corrected chi connectivity index (χ2v) is 6.03. The van der Waals surface area contributed by atoms with Crippen LogP contribution < -0.4 is 0 Å². The van der Waals surface area contributed by atoms with Gasteiger partial charge >= 0.3 is 0 Å². The first-order valence-corrected chi connectivity index (χ1v) is 6.69. The van der Waals surface area contributed by atoms with Crippen LogP contribution in [0.3, 0.4) is 0 Å². The molecule has 1 heterocycles. The second kappa shape index (κ2) is 3.32. The van der Waals surface area contributed by atoms with Crippen molar-refractivity contribution in [3.8, 4) is 0 Å². The fourth-order valence-corrected chi connectivity index (χ4v) is 3.74. The predicted octanol–water partition coefficient (Wildman–Crippen LogP) is 1.46. The first-order valence-electron chi connectivity index (χ1n) is 5.04. The molecule has 0 spiro atoms. The summed E-state index contributed by atoms with van der Waals surface area (Å²) in [5.74, 6) is 0.0361. The summed E-state index contributed by atoms with van der Waals surface area (Å²) in [6, 6.07) is 6.73. The zero-order valence-electron chi connectivity index (χ0n) is 8.60. The van der Waals surface area contributed by atoms with Crippen LogP contribution >= 0.6 is 0 Å².